The number of hydrogen-bond acceptors (Lipinski definition) is 3. The van der Waals surface area contributed by atoms with E-state index in [4.69, 9.17) is 23.2 Å². The van der Waals surface area contributed by atoms with Gasteiger partial charge < -0.3 is 5.32 Å². The SMILES string of the molecule is Clc1ccc(CN2CCC(C3CCCN3)CC2)c(Cl)n1. The van der Waals surface area contributed by atoms with Crippen molar-refractivity contribution in [3.05, 3.63) is 28.0 Å². The number of aromatic nitrogens is 1. The van der Waals surface area contributed by atoms with Crippen molar-refractivity contribution in [1.82, 2.24) is 15.2 Å². The van der Waals surface area contributed by atoms with Gasteiger partial charge in [-0.1, -0.05) is 29.3 Å². The summed E-state index contributed by atoms with van der Waals surface area (Å²) in [5.41, 5.74) is 1.08. The van der Waals surface area contributed by atoms with Gasteiger partial charge in [-0.2, -0.15) is 0 Å². The molecule has 0 aliphatic carbocycles. The lowest BCUT2D eigenvalue weighted by molar-refractivity contribution is 0.157. The van der Waals surface area contributed by atoms with Crippen LogP contribution in [0.2, 0.25) is 10.3 Å². The Kier molecular flexibility index (Phi) is 4.82. The summed E-state index contributed by atoms with van der Waals surface area (Å²) in [6.07, 6.45) is 5.28. The molecule has 2 fully saturated rings. The summed E-state index contributed by atoms with van der Waals surface area (Å²) in [5, 5.41) is 4.64. The molecule has 1 aromatic rings. The van der Waals surface area contributed by atoms with Crippen LogP contribution < -0.4 is 5.32 Å². The molecule has 0 saturated carbocycles. The molecule has 0 aromatic carbocycles. The first-order valence-corrected chi connectivity index (χ1v) is 8.24. The number of hydrogen-bond donors (Lipinski definition) is 1. The van der Waals surface area contributed by atoms with Gasteiger partial charge in [-0.05, 0) is 57.3 Å². The standard InChI is InChI=1S/C15H21Cl2N3/c16-14-4-3-12(15(17)19-14)10-20-8-5-11(6-9-20)13-2-1-7-18-13/h3-4,11,13,18H,1-2,5-10H2. The summed E-state index contributed by atoms with van der Waals surface area (Å²) in [6.45, 7) is 4.40. The molecule has 1 unspecified atom stereocenters. The fraction of sp³-hybridized carbons (Fsp3) is 0.667. The zero-order chi connectivity index (χ0) is 13.9. The van der Waals surface area contributed by atoms with Gasteiger partial charge in [-0.25, -0.2) is 4.98 Å². The minimum absolute atomic E-state index is 0.463. The molecule has 0 spiro atoms. The van der Waals surface area contributed by atoms with E-state index in [0.717, 1.165) is 37.2 Å². The quantitative estimate of drug-likeness (QED) is 0.867. The lowest BCUT2D eigenvalue weighted by Gasteiger charge is -2.35. The van der Waals surface area contributed by atoms with E-state index in [0.29, 0.717) is 10.3 Å². The molecular formula is C15H21Cl2N3. The van der Waals surface area contributed by atoms with Crippen LogP contribution in [-0.2, 0) is 6.54 Å². The van der Waals surface area contributed by atoms with Gasteiger partial charge in [-0.3, -0.25) is 4.90 Å². The summed E-state index contributed by atoms with van der Waals surface area (Å²) < 4.78 is 0. The Bertz CT molecular complexity index is 452. The fourth-order valence-electron chi connectivity index (χ4n) is 3.43. The van der Waals surface area contributed by atoms with Crippen LogP contribution in [0.15, 0.2) is 12.1 Å². The maximum atomic E-state index is 6.15. The van der Waals surface area contributed by atoms with Gasteiger partial charge in [0.15, 0.2) is 0 Å². The van der Waals surface area contributed by atoms with Gasteiger partial charge in [0.05, 0.1) is 0 Å². The number of likely N-dealkylation sites (tertiary alicyclic amines) is 1. The third kappa shape index (κ3) is 3.45. The molecular weight excluding hydrogens is 293 g/mol. The Morgan fingerprint density at radius 1 is 1.20 bits per heavy atom. The number of halogens is 2. The van der Waals surface area contributed by atoms with Crippen molar-refractivity contribution >= 4 is 23.2 Å². The molecule has 2 aliphatic heterocycles. The highest BCUT2D eigenvalue weighted by Gasteiger charge is 2.28. The summed E-state index contributed by atoms with van der Waals surface area (Å²) >= 11 is 12.0. The van der Waals surface area contributed by atoms with Crippen LogP contribution in [0.4, 0.5) is 0 Å². The smallest absolute Gasteiger partial charge is 0.135 e. The van der Waals surface area contributed by atoms with Gasteiger partial charge >= 0.3 is 0 Å². The molecule has 3 heterocycles. The van der Waals surface area contributed by atoms with Gasteiger partial charge in [0.2, 0.25) is 0 Å². The summed E-state index contributed by atoms with van der Waals surface area (Å²) in [4.78, 5) is 6.59. The Labute approximate surface area is 130 Å². The molecule has 20 heavy (non-hydrogen) atoms. The maximum absolute atomic E-state index is 6.15. The molecule has 3 nitrogen and oxygen atoms in total. The normalized spacial score (nSPS) is 25.2. The highest BCUT2D eigenvalue weighted by Crippen LogP contribution is 2.27. The third-order valence-electron chi connectivity index (χ3n) is 4.59. The second-order valence-electron chi connectivity index (χ2n) is 5.90. The van der Waals surface area contributed by atoms with Crippen molar-refractivity contribution in [2.24, 2.45) is 5.92 Å². The van der Waals surface area contributed by atoms with Crippen LogP contribution in [0.5, 0.6) is 0 Å². The molecule has 2 aliphatic rings. The molecule has 3 rings (SSSR count). The fourth-order valence-corrected chi connectivity index (χ4v) is 3.83. The average molecular weight is 314 g/mol. The molecule has 1 atom stereocenters. The Morgan fingerprint density at radius 3 is 2.65 bits per heavy atom. The van der Waals surface area contributed by atoms with Gasteiger partial charge in [-0.15, -0.1) is 0 Å². The first-order valence-electron chi connectivity index (χ1n) is 7.49. The first kappa shape index (κ1) is 14.6. The minimum Gasteiger partial charge on any atom is -0.314 e. The van der Waals surface area contributed by atoms with E-state index in [2.05, 4.69) is 15.2 Å². The first-order chi connectivity index (χ1) is 9.72. The molecule has 1 N–H and O–H groups in total. The molecule has 110 valence electrons. The Balaban J connectivity index is 1.53. The zero-order valence-electron chi connectivity index (χ0n) is 11.6. The minimum atomic E-state index is 0.463. The molecule has 0 bridgehead atoms. The van der Waals surface area contributed by atoms with E-state index in [9.17, 15) is 0 Å². The van der Waals surface area contributed by atoms with Crippen LogP contribution >= 0.6 is 23.2 Å². The van der Waals surface area contributed by atoms with Gasteiger partial charge in [0, 0.05) is 18.2 Å². The molecule has 2 saturated heterocycles. The predicted octanol–water partition coefficient (Wildman–Crippen LogP) is 3.35. The van der Waals surface area contributed by atoms with Crippen molar-refractivity contribution < 1.29 is 0 Å². The Hall–Kier alpha value is -0.350. The predicted molar refractivity (Wildman–Crippen MR) is 83.3 cm³/mol. The zero-order valence-corrected chi connectivity index (χ0v) is 13.1. The third-order valence-corrected chi connectivity index (χ3v) is 5.12. The van der Waals surface area contributed by atoms with Crippen LogP contribution in [0.3, 0.4) is 0 Å². The van der Waals surface area contributed by atoms with E-state index >= 15 is 0 Å². The Morgan fingerprint density at radius 2 is 2.00 bits per heavy atom. The topological polar surface area (TPSA) is 28.2 Å². The lowest BCUT2D eigenvalue weighted by Crippen LogP contribution is -2.40. The average Bonchev–Trinajstić information content (AvgIpc) is 2.97. The van der Waals surface area contributed by atoms with Gasteiger partial charge in [0.1, 0.15) is 10.3 Å². The molecule has 0 amide bonds. The van der Waals surface area contributed by atoms with Gasteiger partial charge in [0.25, 0.3) is 0 Å². The highest BCUT2D eigenvalue weighted by atomic mass is 35.5. The number of nitrogens with one attached hydrogen (secondary N) is 1. The van der Waals surface area contributed by atoms with E-state index in [1.807, 2.05) is 12.1 Å². The van der Waals surface area contributed by atoms with Crippen molar-refractivity contribution in [3.63, 3.8) is 0 Å². The second kappa shape index (κ2) is 6.61. The van der Waals surface area contributed by atoms with Crippen LogP contribution in [0, 0.1) is 5.92 Å². The van der Waals surface area contributed by atoms with Crippen LogP contribution in [0.1, 0.15) is 31.2 Å². The highest BCUT2D eigenvalue weighted by molar-refractivity contribution is 6.32. The largest absolute Gasteiger partial charge is 0.314 e. The summed E-state index contributed by atoms with van der Waals surface area (Å²) in [6, 6.07) is 4.57. The lowest BCUT2D eigenvalue weighted by atomic mass is 9.88. The monoisotopic (exact) mass is 313 g/mol. The summed E-state index contributed by atoms with van der Waals surface area (Å²) in [5.74, 6) is 0.854. The summed E-state index contributed by atoms with van der Waals surface area (Å²) in [7, 11) is 0. The molecule has 1 aromatic heterocycles. The maximum Gasteiger partial charge on any atom is 0.135 e. The van der Waals surface area contributed by atoms with E-state index in [-0.39, 0.29) is 0 Å². The van der Waals surface area contributed by atoms with Crippen molar-refractivity contribution in [3.8, 4) is 0 Å². The molecule has 5 heteroatoms. The van der Waals surface area contributed by atoms with E-state index in [1.165, 1.54) is 32.2 Å². The van der Waals surface area contributed by atoms with Crippen LogP contribution in [0.25, 0.3) is 0 Å². The van der Waals surface area contributed by atoms with Crippen molar-refractivity contribution in [2.75, 3.05) is 19.6 Å². The number of nitrogens with zero attached hydrogens (tertiary/aromatic N) is 2. The molecule has 0 radical (unpaired) electrons. The van der Waals surface area contributed by atoms with Crippen molar-refractivity contribution in [1.29, 1.82) is 0 Å². The second-order valence-corrected chi connectivity index (χ2v) is 6.65. The van der Waals surface area contributed by atoms with E-state index < -0.39 is 0 Å². The number of rotatable bonds is 3. The van der Waals surface area contributed by atoms with Crippen molar-refractivity contribution in [2.45, 2.75) is 38.3 Å². The number of piperidine rings is 1. The van der Waals surface area contributed by atoms with Crippen LogP contribution in [-0.4, -0.2) is 35.6 Å². The van der Waals surface area contributed by atoms with E-state index in [1.54, 1.807) is 0 Å². The number of pyridine rings is 1.